The summed E-state index contributed by atoms with van der Waals surface area (Å²) in [6.45, 7) is 2.38. The maximum atomic E-state index is 12.2. The Morgan fingerprint density at radius 3 is 2.89 bits per heavy atom. The van der Waals surface area contributed by atoms with E-state index in [0.717, 1.165) is 38.6 Å². The van der Waals surface area contributed by atoms with Gasteiger partial charge < -0.3 is 10.1 Å². The van der Waals surface area contributed by atoms with Gasteiger partial charge in [-0.05, 0) is 38.6 Å². The number of nitrogens with one attached hydrogen (secondary N) is 1. The lowest BCUT2D eigenvalue weighted by Crippen LogP contribution is -2.49. The van der Waals surface area contributed by atoms with E-state index < -0.39 is 0 Å². The molecule has 5 nitrogen and oxygen atoms in total. The Kier molecular flexibility index (Phi) is 4.84. The third-order valence-electron chi connectivity index (χ3n) is 3.89. The normalized spacial score (nSPS) is 35.8. The lowest BCUT2D eigenvalue weighted by molar-refractivity contribution is -0.212. The number of hydrogen-bond acceptors (Lipinski definition) is 4. The molecule has 18 heavy (non-hydrogen) atoms. The third-order valence-corrected chi connectivity index (χ3v) is 3.89. The number of ether oxygens (including phenoxy) is 1. The predicted octanol–water partition coefficient (Wildman–Crippen LogP) is 0.872. The van der Waals surface area contributed by atoms with Crippen LogP contribution in [0.2, 0.25) is 0 Å². The maximum absolute atomic E-state index is 12.2. The second kappa shape index (κ2) is 6.19. The molecule has 0 aromatic carbocycles. The number of hydrogen-bond donors (Lipinski definition) is 1. The van der Waals surface area contributed by atoms with Crippen molar-refractivity contribution in [3.05, 3.63) is 0 Å². The van der Waals surface area contributed by atoms with Crippen LogP contribution in [0.4, 0.5) is 0 Å². The number of hydroxylamine groups is 2. The molecule has 3 aliphatic rings. The highest BCUT2D eigenvalue weighted by Gasteiger charge is 2.39. The first-order valence-corrected chi connectivity index (χ1v) is 6.68. The molecule has 0 aliphatic carbocycles. The van der Waals surface area contributed by atoms with Crippen LogP contribution in [-0.4, -0.2) is 48.9 Å². The first-order chi connectivity index (χ1) is 8.34. The average Bonchev–Trinajstić information content (AvgIpc) is 2.86. The van der Waals surface area contributed by atoms with Crippen molar-refractivity contribution in [1.29, 1.82) is 0 Å². The smallest absolute Gasteiger partial charge is 0.275 e. The Balaban J connectivity index is 0.00000120. The second-order valence-corrected chi connectivity index (χ2v) is 5.07. The molecule has 3 rings (SSSR count). The third kappa shape index (κ3) is 2.79. The molecule has 3 saturated heterocycles. The average molecular weight is 277 g/mol. The zero-order valence-corrected chi connectivity index (χ0v) is 11.3. The van der Waals surface area contributed by atoms with E-state index in [1.54, 1.807) is 0 Å². The molecule has 1 N–H and O–H groups in total. The van der Waals surface area contributed by atoms with Gasteiger partial charge in [0.2, 0.25) is 0 Å². The molecule has 6 heteroatoms. The Morgan fingerprint density at radius 1 is 1.22 bits per heavy atom. The first kappa shape index (κ1) is 14.1. The van der Waals surface area contributed by atoms with Gasteiger partial charge in [0.05, 0.1) is 12.7 Å². The fourth-order valence-corrected chi connectivity index (χ4v) is 2.92. The van der Waals surface area contributed by atoms with E-state index in [0.29, 0.717) is 19.2 Å². The Morgan fingerprint density at radius 2 is 2.11 bits per heavy atom. The Labute approximate surface area is 114 Å². The minimum absolute atomic E-state index is 0. The molecular formula is C12H21ClN2O3. The summed E-state index contributed by atoms with van der Waals surface area (Å²) in [5.74, 6) is 0.0232. The summed E-state index contributed by atoms with van der Waals surface area (Å²) >= 11 is 0. The van der Waals surface area contributed by atoms with Gasteiger partial charge in [-0.2, -0.15) is 0 Å². The summed E-state index contributed by atoms with van der Waals surface area (Å²) in [4.78, 5) is 17.6. The lowest BCUT2D eigenvalue weighted by atomic mass is 9.99. The predicted molar refractivity (Wildman–Crippen MR) is 68.4 cm³/mol. The van der Waals surface area contributed by atoms with Crippen molar-refractivity contribution in [3.8, 4) is 0 Å². The number of rotatable bonds is 1. The highest BCUT2D eigenvalue weighted by atomic mass is 35.5. The fourth-order valence-electron chi connectivity index (χ4n) is 2.92. The summed E-state index contributed by atoms with van der Waals surface area (Å²) < 4.78 is 5.89. The van der Waals surface area contributed by atoms with Crippen molar-refractivity contribution in [2.45, 2.75) is 50.4 Å². The van der Waals surface area contributed by atoms with Gasteiger partial charge in [-0.3, -0.25) is 9.63 Å². The van der Waals surface area contributed by atoms with Crippen LogP contribution in [0.1, 0.15) is 32.1 Å². The number of carbonyl (C=O) groups excluding carboxylic acids is 1. The van der Waals surface area contributed by atoms with Gasteiger partial charge >= 0.3 is 0 Å². The van der Waals surface area contributed by atoms with Crippen molar-refractivity contribution < 1.29 is 14.4 Å². The van der Waals surface area contributed by atoms with Crippen LogP contribution >= 0.6 is 12.4 Å². The Hall–Kier alpha value is -0.360. The van der Waals surface area contributed by atoms with Crippen LogP contribution in [-0.2, 0) is 14.4 Å². The van der Waals surface area contributed by atoms with Crippen molar-refractivity contribution in [2.75, 3.05) is 19.7 Å². The van der Waals surface area contributed by atoms with Crippen LogP contribution in [0.25, 0.3) is 0 Å². The summed E-state index contributed by atoms with van der Waals surface area (Å²) in [6, 6.07) is 0.460. The monoisotopic (exact) mass is 276 g/mol. The van der Waals surface area contributed by atoms with E-state index in [-0.39, 0.29) is 30.5 Å². The molecule has 0 saturated carbocycles. The molecule has 0 spiro atoms. The number of carbonyl (C=O) groups is 1. The number of halogens is 1. The summed E-state index contributed by atoms with van der Waals surface area (Å²) in [6.07, 6.45) is 4.89. The number of fused-ring (bicyclic) bond motifs is 1. The van der Waals surface area contributed by atoms with Crippen molar-refractivity contribution >= 4 is 18.3 Å². The molecule has 3 fully saturated rings. The standard InChI is InChI=1S/C12H20N2O3.ClH/c15-12(14-7-1-2-8-16-14)11-4-3-9-10(17-11)5-6-13-9;/h9-11,13H,1-8H2;1H/t9-,10-,11+;/m1./s1. The molecule has 3 heterocycles. The molecule has 3 aliphatic heterocycles. The summed E-state index contributed by atoms with van der Waals surface area (Å²) in [7, 11) is 0. The van der Waals surface area contributed by atoms with E-state index >= 15 is 0 Å². The van der Waals surface area contributed by atoms with Gasteiger partial charge in [-0.25, -0.2) is 5.06 Å². The van der Waals surface area contributed by atoms with E-state index in [1.807, 2.05) is 0 Å². The van der Waals surface area contributed by atoms with Crippen LogP contribution in [0.15, 0.2) is 0 Å². The molecule has 104 valence electrons. The van der Waals surface area contributed by atoms with Gasteiger partial charge in [0.1, 0.15) is 6.10 Å². The van der Waals surface area contributed by atoms with Crippen molar-refractivity contribution in [3.63, 3.8) is 0 Å². The van der Waals surface area contributed by atoms with E-state index in [1.165, 1.54) is 5.06 Å². The molecule has 1 amide bonds. The van der Waals surface area contributed by atoms with Gasteiger partial charge in [0.15, 0.2) is 0 Å². The van der Waals surface area contributed by atoms with Gasteiger partial charge in [0.25, 0.3) is 5.91 Å². The highest BCUT2D eigenvalue weighted by Crippen LogP contribution is 2.26. The molecule has 0 aromatic rings. The van der Waals surface area contributed by atoms with Crippen LogP contribution in [0, 0.1) is 0 Å². The maximum Gasteiger partial charge on any atom is 0.275 e. The molecule has 0 bridgehead atoms. The molecule has 0 aromatic heterocycles. The summed E-state index contributed by atoms with van der Waals surface area (Å²) in [5.41, 5.74) is 0. The fraction of sp³-hybridized carbons (Fsp3) is 0.917. The number of nitrogens with zero attached hydrogens (tertiary/aromatic N) is 1. The first-order valence-electron chi connectivity index (χ1n) is 6.68. The summed E-state index contributed by atoms with van der Waals surface area (Å²) in [5, 5.41) is 4.93. The zero-order chi connectivity index (χ0) is 11.7. The minimum atomic E-state index is -0.283. The molecule has 0 unspecified atom stereocenters. The lowest BCUT2D eigenvalue weighted by Gasteiger charge is -2.35. The zero-order valence-electron chi connectivity index (χ0n) is 10.5. The Bertz CT molecular complexity index is 297. The topological polar surface area (TPSA) is 50.8 Å². The van der Waals surface area contributed by atoms with Crippen molar-refractivity contribution in [2.24, 2.45) is 0 Å². The second-order valence-electron chi connectivity index (χ2n) is 5.07. The van der Waals surface area contributed by atoms with Crippen LogP contribution in [0.5, 0.6) is 0 Å². The largest absolute Gasteiger partial charge is 0.363 e. The molecule has 0 radical (unpaired) electrons. The van der Waals surface area contributed by atoms with Gasteiger partial charge in [-0.15, -0.1) is 12.4 Å². The van der Waals surface area contributed by atoms with E-state index in [9.17, 15) is 4.79 Å². The van der Waals surface area contributed by atoms with E-state index in [2.05, 4.69) is 5.32 Å². The van der Waals surface area contributed by atoms with Gasteiger partial charge in [0, 0.05) is 12.6 Å². The SMILES string of the molecule is Cl.O=C([C@@H]1CC[C@H]2NCC[C@H]2O1)N1CCCCO1. The minimum Gasteiger partial charge on any atom is -0.363 e. The van der Waals surface area contributed by atoms with Gasteiger partial charge in [-0.1, -0.05) is 0 Å². The quantitative estimate of drug-likeness (QED) is 0.772. The highest BCUT2D eigenvalue weighted by molar-refractivity contribution is 5.85. The van der Waals surface area contributed by atoms with Crippen LogP contribution < -0.4 is 5.32 Å². The molecular weight excluding hydrogens is 256 g/mol. The van der Waals surface area contributed by atoms with E-state index in [4.69, 9.17) is 9.57 Å². The number of amides is 1. The van der Waals surface area contributed by atoms with Crippen LogP contribution in [0.3, 0.4) is 0 Å². The molecule has 3 atom stereocenters. The van der Waals surface area contributed by atoms with Crippen molar-refractivity contribution in [1.82, 2.24) is 10.4 Å².